The summed E-state index contributed by atoms with van der Waals surface area (Å²) in [4.78, 5) is 10.8. The summed E-state index contributed by atoms with van der Waals surface area (Å²) in [5.74, 6) is -0.909. The second-order valence-electron chi connectivity index (χ2n) is 4.85. The number of anilines is 1. The Kier molecular flexibility index (Phi) is 3.07. The molecule has 1 aromatic rings. The largest absolute Gasteiger partial charge is 0.478 e. The molecule has 0 unspecified atom stereocenters. The second kappa shape index (κ2) is 4.37. The van der Waals surface area contributed by atoms with E-state index in [1.807, 2.05) is 6.92 Å². The van der Waals surface area contributed by atoms with Crippen molar-refractivity contribution in [2.75, 3.05) is 18.5 Å². The van der Waals surface area contributed by atoms with E-state index in [0.717, 1.165) is 30.6 Å². The highest BCUT2D eigenvalue weighted by Gasteiger charge is 2.41. The number of hydrogen-bond donors (Lipinski definition) is 3. The molecule has 0 atom stereocenters. The average Bonchev–Trinajstić information content (AvgIpc) is 3.08. The lowest BCUT2D eigenvalue weighted by Crippen LogP contribution is -2.19. The van der Waals surface area contributed by atoms with Gasteiger partial charge in [-0.3, -0.25) is 0 Å². The molecule has 0 spiro atoms. The fraction of sp³-hybridized carbons (Fsp3) is 0.462. The Labute approximate surface area is 100 Å². The number of rotatable bonds is 5. The SMILES string of the molecule is Cc1cc(C(=O)O)ccc1NCC1(CO)CC1. The summed E-state index contributed by atoms with van der Waals surface area (Å²) in [7, 11) is 0. The van der Waals surface area contributed by atoms with Crippen molar-refractivity contribution in [3.63, 3.8) is 0 Å². The van der Waals surface area contributed by atoms with Crippen LogP contribution in [0.2, 0.25) is 0 Å². The van der Waals surface area contributed by atoms with Crippen molar-refractivity contribution in [3.05, 3.63) is 29.3 Å². The number of aryl methyl sites for hydroxylation is 1. The second-order valence-corrected chi connectivity index (χ2v) is 4.85. The molecule has 2 rings (SSSR count). The highest BCUT2D eigenvalue weighted by Crippen LogP contribution is 2.45. The Hall–Kier alpha value is -1.55. The minimum atomic E-state index is -0.909. The number of benzene rings is 1. The predicted octanol–water partition coefficient (Wildman–Crippen LogP) is 1.88. The predicted molar refractivity (Wildman–Crippen MR) is 65.4 cm³/mol. The summed E-state index contributed by atoms with van der Waals surface area (Å²) in [5.41, 5.74) is 2.21. The third kappa shape index (κ3) is 2.58. The van der Waals surface area contributed by atoms with Crippen LogP contribution in [0, 0.1) is 12.3 Å². The van der Waals surface area contributed by atoms with Gasteiger partial charge in [-0.25, -0.2) is 4.79 Å². The summed E-state index contributed by atoms with van der Waals surface area (Å²) >= 11 is 0. The van der Waals surface area contributed by atoms with Crippen LogP contribution >= 0.6 is 0 Å². The van der Waals surface area contributed by atoms with Gasteiger partial charge in [-0.15, -0.1) is 0 Å². The molecule has 0 aliphatic heterocycles. The van der Waals surface area contributed by atoms with Crippen molar-refractivity contribution in [2.45, 2.75) is 19.8 Å². The number of nitrogens with one attached hydrogen (secondary N) is 1. The van der Waals surface area contributed by atoms with E-state index < -0.39 is 5.97 Å². The molecule has 1 fully saturated rings. The summed E-state index contributed by atoms with van der Waals surface area (Å²) in [5, 5.41) is 21.3. The van der Waals surface area contributed by atoms with Crippen LogP contribution in [-0.2, 0) is 0 Å². The van der Waals surface area contributed by atoms with Gasteiger partial charge in [0, 0.05) is 17.6 Å². The molecule has 4 heteroatoms. The van der Waals surface area contributed by atoms with Gasteiger partial charge in [0.25, 0.3) is 0 Å². The number of carboxylic acid groups (broad SMARTS) is 1. The number of carbonyl (C=O) groups is 1. The first-order valence-corrected chi connectivity index (χ1v) is 5.75. The van der Waals surface area contributed by atoms with Crippen LogP contribution in [0.1, 0.15) is 28.8 Å². The smallest absolute Gasteiger partial charge is 0.335 e. The fourth-order valence-corrected chi connectivity index (χ4v) is 1.85. The van der Waals surface area contributed by atoms with E-state index in [2.05, 4.69) is 5.32 Å². The lowest BCUT2D eigenvalue weighted by Gasteiger charge is -2.15. The van der Waals surface area contributed by atoms with Crippen molar-refractivity contribution in [1.82, 2.24) is 0 Å². The van der Waals surface area contributed by atoms with Crippen molar-refractivity contribution in [2.24, 2.45) is 5.41 Å². The lowest BCUT2D eigenvalue weighted by molar-refractivity contribution is 0.0697. The Morgan fingerprint density at radius 2 is 2.18 bits per heavy atom. The molecule has 3 N–H and O–H groups in total. The number of aliphatic hydroxyl groups is 1. The number of carboxylic acids is 1. The van der Waals surface area contributed by atoms with E-state index >= 15 is 0 Å². The monoisotopic (exact) mass is 235 g/mol. The van der Waals surface area contributed by atoms with Crippen LogP contribution in [-0.4, -0.2) is 29.3 Å². The zero-order valence-electron chi connectivity index (χ0n) is 9.86. The van der Waals surface area contributed by atoms with Gasteiger partial charge in [-0.1, -0.05) is 0 Å². The van der Waals surface area contributed by atoms with Gasteiger partial charge in [0.05, 0.1) is 12.2 Å². The van der Waals surface area contributed by atoms with E-state index in [1.54, 1.807) is 18.2 Å². The fourth-order valence-electron chi connectivity index (χ4n) is 1.85. The zero-order valence-corrected chi connectivity index (χ0v) is 9.86. The lowest BCUT2D eigenvalue weighted by atomic mass is 10.1. The highest BCUT2D eigenvalue weighted by atomic mass is 16.4. The summed E-state index contributed by atoms with van der Waals surface area (Å²) in [6, 6.07) is 5.03. The maximum Gasteiger partial charge on any atom is 0.335 e. The van der Waals surface area contributed by atoms with Gasteiger partial charge in [-0.2, -0.15) is 0 Å². The first-order valence-electron chi connectivity index (χ1n) is 5.75. The van der Waals surface area contributed by atoms with Crippen LogP contribution < -0.4 is 5.32 Å². The first-order chi connectivity index (χ1) is 8.06. The molecule has 4 nitrogen and oxygen atoms in total. The maximum atomic E-state index is 10.8. The van der Waals surface area contributed by atoms with Crippen molar-refractivity contribution < 1.29 is 15.0 Å². The number of aliphatic hydroxyl groups excluding tert-OH is 1. The standard InChI is InChI=1S/C13H17NO3/c1-9-6-10(12(16)17)2-3-11(9)14-7-13(8-15)4-5-13/h2-3,6,14-15H,4-5,7-8H2,1H3,(H,16,17). The average molecular weight is 235 g/mol. The van der Waals surface area contributed by atoms with E-state index in [9.17, 15) is 9.90 Å². The van der Waals surface area contributed by atoms with Gasteiger partial charge in [0.1, 0.15) is 0 Å². The third-order valence-corrected chi connectivity index (χ3v) is 3.42. The van der Waals surface area contributed by atoms with Crippen molar-refractivity contribution in [3.8, 4) is 0 Å². The zero-order chi connectivity index (χ0) is 12.5. The van der Waals surface area contributed by atoms with Gasteiger partial charge in [0.15, 0.2) is 0 Å². The minimum absolute atomic E-state index is 0.0535. The van der Waals surface area contributed by atoms with Gasteiger partial charge >= 0.3 is 5.97 Å². The topological polar surface area (TPSA) is 69.6 Å². The molecule has 1 aliphatic carbocycles. The molecular weight excluding hydrogens is 218 g/mol. The molecule has 1 aliphatic rings. The summed E-state index contributed by atoms with van der Waals surface area (Å²) in [6.07, 6.45) is 2.12. The molecule has 1 aromatic carbocycles. The number of aromatic carboxylic acids is 1. The summed E-state index contributed by atoms with van der Waals surface area (Å²) in [6.45, 7) is 2.84. The van der Waals surface area contributed by atoms with Gasteiger partial charge in [-0.05, 0) is 43.5 Å². The molecule has 0 aromatic heterocycles. The van der Waals surface area contributed by atoms with Crippen LogP contribution in [0.25, 0.3) is 0 Å². The Bertz CT molecular complexity index is 438. The molecular formula is C13H17NO3. The normalized spacial score (nSPS) is 16.6. The molecule has 0 radical (unpaired) electrons. The van der Waals surface area contributed by atoms with Crippen LogP contribution in [0.5, 0.6) is 0 Å². The van der Waals surface area contributed by atoms with Gasteiger partial charge in [0.2, 0.25) is 0 Å². The van der Waals surface area contributed by atoms with E-state index in [1.165, 1.54) is 0 Å². The van der Waals surface area contributed by atoms with Crippen LogP contribution in [0.3, 0.4) is 0 Å². The Morgan fingerprint density at radius 1 is 1.47 bits per heavy atom. The molecule has 1 saturated carbocycles. The molecule has 0 bridgehead atoms. The molecule has 0 saturated heterocycles. The molecule has 0 amide bonds. The third-order valence-electron chi connectivity index (χ3n) is 3.42. The summed E-state index contributed by atoms with van der Waals surface area (Å²) < 4.78 is 0. The first kappa shape index (κ1) is 11.9. The van der Waals surface area contributed by atoms with E-state index in [0.29, 0.717) is 5.56 Å². The van der Waals surface area contributed by atoms with E-state index in [-0.39, 0.29) is 12.0 Å². The molecule has 92 valence electrons. The van der Waals surface area contributed by atoms with Gasteiger partial charge < -0.3 is 15.5 Å². The maximum absolute atomic E-state index is 10.8. The highest BCUT2D eigenvalue weighted by molar-refractivity contribution is 5.88. The van der Waals surface area contributed by atoms with Crippen molar-refractivity contribution in [1.29, 1.82) is 0 Å². The van der Waals surface area contributed by atoms with Crippen LogP contribution in [0.4, 0.5) is 5.69 Å². The minimum Gasteiger partial charge on any atom is -0.478 e. The van der Waals surface area contributed by atoms with Crippen molar-refractivity contribution >= 4 is 11.7 Å². The van der Waals surface area contributed by atoms with Crippen LogP contribution in [0.15, 0.2) is 18.2 Å². The molecule has 17 heavy (non-hydrogen) atoms. The number of hydrogen-bond acceptors (Lipinski definition) is 3. The Balaban J connectivity index is 2.04. The van der Waals surface area contributed by atoms with E-state index in [4.69, 9.17) is 5.11 Å². The quantitative estimate of drug-likeness (QED) is 0.728. The molecule has 0 heterocycles. The Morgan fingerprint density at radius 3 is 2.65 bits per heavy atom.